The lowest BCUT2D eigenvalue weighted by atomic mass is 10.1. The molecule has 0 saturated carbocycles. The normalized spacial score (nSPS) is 13.2. The Balaban J connectivity index is 1.64. The number of carbonyl (C=O) groups is 2. The second-order valence-corrected chi connectivity index (χ2v) is 7.60. The van der Waals surface area contributed by atoms with E-state index in [1.165, 1.54) is 16.2 Å². The van der Waals surface area contributed by atoms with Crippen molar-refractivity contribution in [3.8, 4) is 27.7 Å². The maximum atomic E-state index is 12.4. The van der Waals surface area contributed by atoms with Crippen LogP contribution in [0.1, 0.15) is 13.8 Å². The Bertz CT molecular complexity index is 1050. The molecular formula is C21H19N3O4S. The number of hydrogen-bond acceptors (Lipinski definition) is 7. The number of rotatable bonds is 5. The number of hydrogen-bond donors (Lipinski definition) is 0. The SMILES string of the molecule is CC(C)OC(=O)CN1C(=O)COc2ccc(-c3csc(-c4ccccn4)n3)cc21. The largest absolute Gasteiger partial charge is 0.482 e. The minimum absolute atomic E-state index is 0.109. The second kappa shape index (κ2) is 8.00. The summed E-state index contributed by atoms with van der Waals surface area (Å²) in [6.45, 7) is 3.27. The van der Waals surface area contributed by atoms with Crippen molar-refractivity contribution in [2.45, 2.75) is 20.0 Å². The van der Waals surface area contributed by atoms with Gasteiger partial charge in [0.05, 0.1) is 23.2 Å². The van der Waals surface area contributed by atoms with Crippen LogP contribution in [0.5, 0.6) is 5.75 Å². The fourth-order valence-electron chi connectivity index (χ4n) is 2.98. The third-order valence-corrected chi connectivity index (χ3v) is 5.11. The first-order chi connectivity index (χ1) is 14.0. The Labute approximate surface area is 171 Å². The van der Waals surface area contributed by atoms with Crippen molar-refractivity contribution in [2.24, 2.45) is 0 Å². The number of thiazole rings is 1. The summed E-state index contributed by atoms with van der Waals surface area (Å²) < 4.78 is 10.7. The van der Waals surface area contributed by atoms with Gasteiger partial charge in [0.2, 0.25) is 0 Å². The van der Waals surface area contributed by atoms with Crippen molar-refractivity contribution in [3.05, 3.63) is 48.0 Å². The summed E-state index contributed by atoms with van der Waals surface area (Å²) in [5.41, 5.74) is 2.93. The van der Waals surface area contributed by atoms with Gasteiger partial charge in [-0.25, -0.2) is 4.98 Å². The molecule has 0 saturated heterocycles. The number of benzene rings is 1. The van der Waals surface area contributed by atoms with Gasteiger partial charge in [-0.15, -0.1) is 11.3 Å². The minimum Gasteiger partial charge on any atom is -0.482 e. The molecule has 3 heterocycles. The molecule has 0 fully saturated rings. The summed E-state index contributed by atoms with van der Waals surface area (Å²) in [6.07, 6.45) is 1.48. The number of anilines is 1. The van der Waals surface area contributed by atoms with E-state index in [0.29, 0.717) is 11.4 Å². The van der Waals surface area contributed by atoms with Crippen molar-refractivity contribution in [2.75, 3.05) is 18.1 Å². The van der Waals surface area contributed by atoms with E-state index in [1.54, 1.807) is 26.1 Å². The van der Waals surface area contributed by atoms with E-state index < -0.39 is 5.97 Å². The molecule has 0 N–H and O–H groups in total. The van der Waals surface area contributed by atoms with E-state index in [2.05, 4.69) is 9.97 Å². The standard InChI is InChI=1S/C21H19N3O4S/c1-13(2)28-20(26)10-24-17-9-14(6-7-18(17)27-11-19(24)25)16-12-29-21(23-16)15-5-3-4-8-22-15/h3-9,12-13H,10-11H2,1-2H3. The lowest BCUT2D eigenvalue weighted by Gasteiger charge is -2.29. The molecule has 1 aliphatic rings. The molecule has 0 spiro atoms. The predicted molar refractivity (Wildman–Crippen MR) is 110 cm³/mol. The van der Waals surface area contributed by atoms with E-state index in [-0.39, 0.29) is 25.2 Å². The average Bonchev–Trinajstić information content (AvgIpc) is 3.20. The molecule has 0 atom stereocenters. The molecule has 1 aromatic carbocycles. The monoisotopic (exact) mass is 409 g/mol. The van der Waals surface area contributed by atoms with E-state index in [9.17, 15) is 9.59 Å². The fourth-order valence-corrected chi connectivity index (χ4v) is 3.78. The van der Waals surface area contributed by atoms with E-state index >= 15 is 0 Å². The number of esters is 1. The fraction of sp³-hybridized carbons (Fsp3) is 0.238. The van der Waals surface area contributed by atoms with E-state index in [0.717, 1.165) is 22.0 Å². The van der Waals surface area contributed by atoms with Crippen LogP contribution in [-0.2, 0) is 14.3 Å². The molecular weight excluding hydrogens is 390 g/mol. The molecule has 0 aliphatic carbocycles. The Morgan fingerprint density at radius 1 is 1.28 bits per heavy atom. The molecule has 8 heteroatoms. The maximum Gasteiger partial charge on any atom is 0.326 e. The topological polar surface area (TPSA) is 81.6 Å². The van der Waals surface area contributed by atoms with Crippen LogP contribution in [0.4, 0.5) is 5.69 Å². The number of amides is 1. The first kappa shape index (κ1) is 19.1. The first-order valence-corrected chi connectivity index (χ1v) is 10.0. The lowest BCUT2D eigenvalue weighted by Crippen LogP contribution is -2.42. The molecule has 2 aromatic heterocycles. The van der Waals surface area contributed by atoms with Crippen LogP contribution in [0.15, 0.2) is 48.0 Å². The first-order valence-electron chi connectivity index (χ1n) is 9.15. The number of ether oxygens (including phenoxy) is 2. The van der Waals surface area contributed by atoms with Crippen LogP contribution in [0.25, 0.3) is 22.0 Å². The molecule has 1 aliphatic heterocycles. The van der Waals surface area contributed by atoms with E-state index in [1.807, 2.05) is 35.7 Å². The third kappa shape index (κ3) is 4.12. The number of nitrogens with zero attached hydrogens (tertiary/aromatic N) is 3. The molecule has 1 amide bonds. The van der Waals surface area contributed by atoms with Gasteiger partial charge in [0, 0.05) is 17.1 Å². The number of pyridine rings is 1. The average molecular weight is 409 g/mol. The molecule has 0 radical (unpaired) electrons. The van der Waals surface area contributed by atoms with E-state index in [4.69, 9.17) is 9.47 Å². The molecule has 0 bridgehead atoms. The van der Waals surface area contributed by atoms with Gasteiger partial charge in [-0.05, 0) is 44.2 Å². The van der Waals surface area contributed by atoms with Gasteiger partial charge in [-0.1, -0.05) is 6.07 Å². The van der Waals surface area contributed by atoms with Gasteiger partial charge in [-0.3, -0.25) is 19.5 Å². The summed E-state index contributed by atoms with van der Waals surface area (Å²) in [7, 11) is 0. The van der Waals surface area contributed by atoms with Crippen LogP contribution in [0, 0.1) is 0 Å². The molecule has 29 heavy (non-hydrogen) atoms. The van der Waals surface area contributed by atoms with Gasteiger partial charge in [-0.2, -0.15) is 0 Å². The minimum atomic E-state index is -0.460. The van der Waals surface area contributed by atoms with Gasteiger partial charge in [0.1, 0.15) is 17.3 Å². The highest BCUT2D eigenvalue weighted by Crippen LogP contribution is 2.37. The summed E-state index contributed by atoms with van der Waals surface area (Å²) in [5.74, 6) is -0.202. The number of aromatic nitrogens is 2. The highest BCUT2D eigenvalue weighted by Gasteiger charge is 2.28. The van der Waals surface area contributed by atoms with Gasteiger partial charge >= 0.3 is 5.97 Å². The van der Waals surface area contributed by atoms with Crippen molar-refractivity contribution >= 4 is 28.9 Å². The molecule has 148 valence electrons. The molecule has 4 rings (SSSR count). The molecule has 7 nitrogen and oxygen atoms in total. The smallest absolute Gasteiger partial charge is 0.326 e. The second-order valence-electron chi connectivity index (χ2n) is 6.74. The highest BCUT2D eigenvalue weighted by atomic mass is 32.1. The van der Waals surface area contributed by atoms with Crippen LogP contribution in [0.3, 0.4) is 0 Å². The van der Waals surface area contributed by atoms with Crippen LogP contribution >= 0.6 is 11.3 Å². The van der Waals surface area contributed by atoms with Crippen molar-refractivity contribution in [1.82, 2.24) is 9.97 Å². The van der Waals surface area contributed by atoms with Gasteiger partial charge in [0.15, 0.2) is 6.61 Å². The summed E-state index contributed by atoms with van der Waals surface area (Å²) in [4.78, 5) is 34.9. The summed E-state index contributed by atoms with van der Waals surface area (Å²) in [6, 6.07) is 11.2. The van der Waals surface area contributed by atoms with Crippen molar-refractivity contribution in [3.63, 3.8) is 0 Å². The molecule has 0 unspecified atom stereocenters. The zero-order chi connectivity index (χ0) is 20.4. The van der Waals surface area contributed by atoms with Crippen LogP contribution in [-0.4, -0.2) is 41.1 Å². The van der Waals surface area contributed by atoms with Gasteiger partial charge in [0.25, 0.3) is 5.91 Å². The zero-order valence-electron chi connectivity index (χ0n) is 16.0. The molecule has 3 aromatic rings. The summed E-state index contributed by atoms with van der Waals surface area (Å²) in [5, 5.41) is 2.75. The Kier molecular flexibility index (Phi) is 5.26. The lowest BCUT2D eigenvalue weighted by molar-refractivity contribution is -0.146. The van der Waals surface area contributed by atoms with Crippen LogP contribution in [0.2, 0.25) is 0 Å². The summed E-state index contributed by atoms with van der Waals surface area (Å²) >= 11 is 1.49. The quantitative estimate of drug-likeness (QED) is 0.600. The third-order valence-electron chi connectivity index (χ3n) is 4.24. The Hall–Kier alpha value is -3.26. The van der Waals surface area contributed by atoms with Crippen molar-refractivity contribution < 1.29 is 19.1 Å². The van der Waals surface area contributed by atoms with Crippen LogP contribution < -0.4 is 9.64 Å². The Morgan fingerprint density at radius 2 is 2.14 bits per heavy atom. The highest BCUT2D eigenvalue weighted by molar-refractivity contribution is 7.13. The zero-order valence-corrected chi connectivity index (χ0v) is 16.8. The predicted octanol–water partition coefficient (Wildman–Crippen LogP) is 3.55. The number of carbonyl (C=O) groups excluding carboxylic acids is 2. The Morgan fingerprint density at radius 3 is 2.90 bits per heavy atom. The van der Waals surface area contributed by atoms with Crippen molar-refractivity contribution in [1.29, 1.82) is 0 Å². The number of fused-ring (bicyclic) bond motifs is 1. The maximum absolute atomic E-state index is 12.4. The van der Waals surface area contributed by atoms with Gasteiger partial charge < -0.3 is 9.47 Å².